The summed E-state index contributed by atoms with van der Waals surface area (Å²) in [7, 11) is 0. The number of furan rings is 1. The third kappa shape index (κ3) is 4.71. The summed E-state index contributed by atoms with van der Waals surface area (Å²) in [6.45, 7) is 0. The molecule has 6 heteroatoms. The Morgan fingerprint density at radius 2 is 0.847 bits per heavy atom. The molecule has 0 radical (unpaired) electrons. The number of ether oxygens (including phenoxy) is 1. The molecule has 0 saturated heterocycles. The predicted molar refractivity (Wildman–Crippen MR) is 241 cm³/mol. The second-order valence-corrected chi connectivity index (χ2v) is 15.2. The van der Waals surface area contributed by atoms with Crippen LogP contribution in [0.2, 0.25) is 0 Å². The van der Waals surface area contributed by atoms with Gasteiger partial charge in [-0.25, -0.2) is 0 Å². The Hall–Kier alpha value is -8.09. The van der Waals surface area contributed by atoms with Crippen LogP contribution < -0.4 is 4.74 Å². The SMILES string of the molecule is c1ccc(-n2c3ccc(-n4c5ccccc5c5cc(Oc6ccc7c(c6)c6ccccc6n7-c6ccc7oc8ccccc8c7c6)ccc54)cc3c3ncccc32)cc1. The minimum Gasteiger partial charge on any atom is -0.457 e. The van der Waals surface area contributed by atoms with E-state index < -0.39 is 0 Å². The molecule has 8 aromatic carbocycles. The highest BCUT2D eigenvalue weighted by atomic mass is 16.5. The summed E-state index contributed by atoms with van der Waals surface area (Å²) in [5.74, 6) is 1.57. The van der Waals surface area contributed by atoms with Gasteiger partial charge in [0.1, 0.15) is 22.7 Å². The van der Waals surface area contributed by atoms with Crippen LogP contribution in [0.4, 0.5) is 0 Å². The van der Waals surface area contributed by atoms with Crippen molar-refractivity contribution in [3.05, 3.63) is 194 Å². The number of hydrogen-bond donors (Lipinski definition) is 0. The number of aromatic nitrogens is 4. The molecule has 0 N–H and O–H groups in total. The molecule has 0 amide bonds. The molecular weight excluding hydrogens is 725 g/mol. The summed E-state index contributed by atoms with van der Waals surface area (Å²) in [5.41, 5.74) is 12.8. The molecule has 5 aromatic heterocycles. The Bertz CT molecular complexity index is 3830. The highest BCUT2D eigenvalue weighted by molar-refractivity contribution is 6.13. The van der Waals surface area contributed by atoms with Gasteiger partial charge in [0.15, 0.2) is 0 Å². The van der Waals surface area contributed by atoms with Crippen molar-refractivity contribution >= 4 is 87.5 Å². The molecule has 0 unspecified atom stereocenters. The molecular formula is C53H32N4O2. The summed E-state index contributed by atoms with van der Waals surface area (Å²) >= 11 is 0. The number of pyridine rings is 1. The second kappa shape index (κ2) is 12.2. The lowest BCUT2D eigenvalue weighted by Crippen LogP contribution is -1.95. The van der Waals surface area contributed by atoms with E-state index in [0.717, 1.165) is 105 Å². The average molecular weight is 757 g/mol. The van der Waals surface area contributed by atoms with Gasteiger partial charge in [0.2, 0.25) is 0 Å². The number of fused-ring (bicyclic) bond motifs is 12. The van der Waals surface area contributed by atoms with Crippen molar-refractivity contribution in [3.8, 4) is 28.6 Å². The fraction of sp³-hybridized carbons (Fsp3) is 0. The molecule has 13 rings (SSSR count). The standard InChI is InChI=1S/C53H32N4O2/c1-2-11-33(12-3-1)55-49-24-20-34(30-44(49)53-50(55)18-10-28-54-53)56-45-16-7-4-13-38(45)41-31-36(22-25-47(41)56)58-37-23-26-48-42(32-37)39-14-5-8-17-46(39)57(48)35-21-27-52-43(29-35)40-15-6-9-19-51(40)59-52/h1-32H. The molecule has 0 saturated carbocycles. The molecule has 0 fully saturated rings. The second-order valence-electron chi connectivity index (χ2n) is 15.2. The molecule has 0 atom stereocenters. The number of benzene rings is 8. The number of para-hydroxylation sites is 4. The van der Waals surface area contributed by atoms with Gasteiger partial charge in [-0.3, -0.25) is 4.98 Å². The third-order valence-corrected chi connectivity index (χ3v) is 11.9. The molecule has 13 aromatic rings. The van der Waals surface area contributed by atoms with Crippen LogP contribution in [0.15, 0.2) is 199 Å². The Morgan fingerprint density at radius 3 is 1.56 bits per heavy atom. The van der Waals surface area contributed by atoms with Gasteiger partial charge in [0, 0.05) is 61.0 Å². The van der Waals surface area contributed by atoms with Gasteiger partial charge in [0.25, 0.3) is 0 Å². The van der Waals surface area contributed by atoms with Crippen LogP contribution in [-0.2, 0) is 0 Å². The van der Waals surface area contributed by atoms with Crippen LogP contribution >= 0.6 is 0 Å². The zero-order chi connectivity index (χ0) is 38.6. The van der Waals surface area contributed by atoms with Crippen LogP contribution in [0.1, 0.15) is 0 Å². The maximum Gasteiger partial charge on any atom is 0.135 e. The van der Waals surface area contributed by atoms with Crippen LogP contribution in [0.3, 0.4) is 0 Å². The number of rotatable bonds is 5. The summed E-state index contributed by atoms with van der Waals surface area (Å²) in [6, 6.07) is 66.1. The Labute approximate surface area is 336 Å². The summed E-state index contributed by atoms with van der Waals surface area (Å²) < 4.78 is 19.9. The van der Waals surface area contributed by atoms with Gasteiger partial charge in [-0.2, -0.15) is 0 Å². The minimum atomic E-state index is 0.784. The first kappa shape index (κ1) is 32.0. The first-order valence-corrected chi connectivity index (χ1v) is 19.9. The van der Waals surface area contributed by atoms with Crippen molar-refractivity contribution in [1.29, 1.82) is 0 Å². The van der Waals surface area contributed by atoms with Crippen molar-refractivity contribution in [1.82, 2.24) is 18.7 Å². The van der Waals surface area contributed by atoms with E-state index in [9.17, 15) is 0 Å². The van der Waals surface area contributed by atoms with Crippen molar-refractivity contribution in [2.75, 3.05) is 0 Å². The summed E-state index contributed by atoms with van der Waals surface area (Å²) in [4.78, 5) is 4.87. The molecule has 0 aliphatic rings. The monoisotopic (exact) mass is 756 g/mol. The van der Waals surface area contributed by atoms with Crippen molar-refractivity contribution in [2.45, 2.75) is 0 Å². The molecule has 0 bridgehead atoms. The smallest absolute Gasteiger partial charge is 0.135 e. The minimum absolute atomic E-state index is 0.784. The lowest BCUT2D eigenvalue weighted by molar-refractivity contribution is 0.484. The molecule has 0 spiro atoms. The van der Waals surface area contributed by atoms with Gasteiger partial charge < -0.3 is 22.9 Å². The van der Waals surface area contributed by atoms with E-state index in [-0.39, 0.29) is 0 Å². The van der Waals surface area contributed by atoms with Crippen LogP contribution in [0.25, 0.3) is 105 Å². The fourth-order valence-corrected chi connectivity index (χ4v) is 9.39. The van der Waals surface area contributed by atoms with Gasteiger partial charge in [-0.05, 0) is 115 Å². The lowest BCUT2D eigenvalue weighted by Gasteiger charge is -2.11. The van der Waals surface area contributed by atoms with E-state index in [2.05, 4.69) is 184 Å². The third-order valence-electron chi connectivity index (χ3n) is 11.9. The fourth-order valence-electron chi connectivity index (χ4n) is 9.39. The Kier molecular flexibility index (Phi) is 6.63. The zero-order valence-electron chi connectivity index (χ0n) is 31.6. The molecule has 5 heterocycles. The molecule has 0 aliphatic carbocycles. The van der Waals surface area contributed by atoms with E-state index in [4.69, 9.17) is 14.1 Å². The van der Waals surface area contributed by atoms with Gasteiger partial charge >= 0.3 is 0 Å². The Morgan fingerprint density at radius 1 is 0.339 bits per heavy atom. The molecule has 59 heavy (non-hydrogen) atoms. The first-order valence-electron chi connectivity index (χ1n) is 19.9. The largest absolute Gasteiger partial charge is 0.457 e. The summed E-state index contributed by atoms with van der Waals surface area (Å²) in [6.07, 6.45) is 1.88. The van der Waals surface area contributed by atoms with Crippen molar-refractivity contribution < 1.29 is 9.15 Å². The normalized spacial score (nSPS) is 12.1. The molecule has 6 nitrogen and oxygen atoms in total. The highest BCUT2D eigenvalue weighted by Gasteiger charge is 2.19. The van der Waals surface area contributed by atoms with Gasteiger partial charge in [-0.15, -0.1) is 0 Å². The molecule has 276 valence electrons. The first-order chi connectivity index (χ1) is 29.2. The van der Waals surface area contributed by atoms with E-state index in [0.29, 0.717) is 0 Å². The van der Waals surface area contributed by atoms with Crippen LogP contribution in [-0.4, -0.2) is 18.7 Å². The van der Waals surface area contributed by atoms with Crippen molar-refractivity contribution in [2.24, 2.45) is 0 Å². The van der Waals surface area contributed by atoms with Crippen LogP contribution in [0, 0.1) is 0 Å². The number of nitrogens with zero attached hydrogens (tertiary/aromatic N) is 4. The summed E-state index contributed by atoms with van der Waals surface area (Å²) in [5, 5.41) is 7.93. The van der Waals surface area contributed by atoms with E-state index >= 15 is 0 Å². The predicted octanol–water partition coefficient (Wildman–Crippen LogP) is 14.1. The highest BCUT2D eigenvalue weighted by Crippen LogP contribution is 2.40. The maximum atomic E-state index is 6.73. The van der Waals surface area contributed by atoms with Gasteiger partial charge in [0.05, 0.1) is 38.6 Å². The van der Waals surface area contributed by atoms with E-state index in [1.807, 2.05) is 24.4 Å². The maximum absolute atomic E-state index is 6.73. The van der Waals surface area contributed by atoms with Crippen molar-refractivity contribution in [3.63, 3.8) is 0 Å². The quantitative estimate of drug-likeness (QED) is 0.176. The number of hydrogen-bond acceptors (Lipinski definition) is 3. The topological polar surface area (TPSA) is 50.0 Å². The average Bonchev–Trinajstić information content (AvgIpc) is 4.02. The Balaban J connectivity index is 0.918. The van der Waals surface area contributed by atoms with E-state index in [1.54, 1.807) is 0 Å². The van der Waals surface area contributed by atoms with E-state index in [1.165, 1.54) is 10.8 Å². The lowest BCUT2D eigenvalue weighted by atomic mass is 10.1. The van der Waals surface area contributed by atoms with Crippen LogP contribution in [0.5, 0.6) is 11.5 Å². The molecule has 0 aliphatic heterocycles. The zero-order valence-corrected chi connectivity index (χ0v) is 31.6. The van der Waals surface area contributed by atoms with Gasteiger partial charge in [-0.1, -0.05) is 72.8 Å².